The summed E-state index contributed by atoms with van der Waals surface area (Å²) >= 11 is 0. The normalized spacial score (nSPS) is 10.4. The number of nitrogens with zero attached hydrogens (tertiary/aromatic N) is 4. The standard InChI is InChI=1S/C16H14N4/c1-2-13-8-6-7-11-15(13)12-20-16(17-18-19-20)14-9-4-3-5-10-14/h2-11H,1,12H2. The zero-order valence-corrected chi connectivity index (χ0v) is 11.0. The molecule has 20 heavy (non-hydrogen) atoms. The van der Waals surface area contributed by atoms with Crippen LogP contribution in [0.15, 0.2) is 61.2 Å². The first kappa shape index (κ1) is 12.3. The molecule has 3 rings (SSSR count). The van der Waals surface area contributed by atoms with Gasteiger partial charge in [-0.2, -0.15) is 0 Å². The second-order valence-electron chi connectivity index (χ2n) is 4.43. The Morgan fingerprint density at radius 3 is 2.55 bits per heavy atom. The quantitative estimate of drug-likeness (QED) is 0.726. The van der Waals surface area contributed by atoms with Gasteiger partial charge in [0.1, 0.15) is 0 Å². The number of aromatic nitrogens is 4. The molecule has 4 heteroatoms. The van der Waals surface area contributed by atoms with E-state index in [1.165, 1.54) is 0 Å². The molecule has 0 fully saturated rings. The Morgan fingerprint density at radius 2 is 1.75 bits per heavy atom. The molecule has 3 aromatic rings. The fraction of sp³-hybridized carbons (Fsp3) is 0.0625. The molecule has 1 heterocycles. The fourth-order valence-corrected chi connectivity index (χ4v) is 2.14. The van der Waals surface area contributed by atoms with Gasteiger partial charge in [-0.05, 0) is 21.6 Å². The Bertz CT molecular complexity index is 716. The van der Waals surface area contributed by atoms with E-state index >= 15 is 0 Å². The van der Waals surface area contributed by atoms with Crippen molar-refractivity contribution < 1.29 is 0 Å². The lowest BCUT2D eigenvalue weighted by Crippen LogP contribution is -2.05. The first-order chi connectivity index (χ1) is 9.88. The minimum atomic E-state index is 0.624. The van der Waals surface area contributed by atoms with Crippen LogP contribution in [0.3, 0.4) is 0 Å². The van der Waals surface area contributed by atoms with Gasteiger partial charge in [0.2, 0.25) is 0 Å². The number of benzene rings is 2. The summed E-state index contributed by atoms with van der Waals surface area (Å²) in [7, 11) is 0. The first-order valence-corrected chi connectivity index (χ1v) is 6.40. The van der Waals surface area contributed by atoms with Gasteiger partial charge in [0, 0.05) is 5.56 Å². The minimum Gasteiger partial charge on any atom is -0.221 e. The van der Waals surface area contributed by atoms with E-state index in [1.54, 1.807) is 4.68 Å². The van der Waals surface area contributed by atoms with Crippen molar-refractivity contribution in [3.8, 4) is 11.4 Å². The van der Waals surface area contributed by atoms with Crippen molar-refractivity contribution in [3.63, 3.8) is 0 Å². The van der Waals surface area contributed by atoms with E-state index in [9.17, 15) is 0 Å². The second kappa shape index (κ2) is 5.48. The Balaban J connectivity index is 1.97. The molecule has 0 bridgehead atoms. The molecule has 1 aromatic heterocycles. The van der Waals surface area contributed by atoms with E-state index in [2.05, 4.69) is 28.2 Å². The van der Waals surface area contributed by atoms with Gasteiger partial charge in [-0.1, -0.05) is 67.3 Å². The van der Waals surface area contributed by atoms with Crippen molar-refractivity contribution >= 4 is 6.08 Å². The molecule has 0 aliphatic heterocycles. The van der Waals surface area contributed by atoms with E-state index in [-0.39, 0.29) is 0 Å². The zero-order chi connectivity index (χ0) is 13.8. The van der Waals surface area contributed by atoms with Crippen LogP contribution in [-0.2, 0) is 6.54 Å². The third-order valence-electron chi connectivity index (χ3n) is 3.16. The Labute approximate surface area is 117 Å². The van der Waals surface area contributed by atoms with Crippen LogP contribution in [-0.4, -0.2) is 20.2 Å². The highest BCUT2D eigenvalue weighted by Crippen LogP contribution is 2.17. The highest BCUT2D eigenvalue weighted by Gasteiger charge is 2.09. The van der Waals surface area contributed by atoms with Crippen LogP contribution in [0.4, 0.5) is 0 Å². The summed E-state index contributed by atoms with van der Waals surface area (Å²) in [4.78, 5) is 0. The van der Waals surface area contributed by atoms with Crippen molar-refractivity contribution in [2.75, 3.05) is 0 Å². The topological polar surface area (TPSA) is 43.6 Å². The first-order valence-electron chi connectivity index (χ1n) is 6.40. The third-order valence-corrected chi connectivity index (χ3v) is 3.16. The molecule has 2 aromatic carbocycles. The average Bonchev–Trinajstić information content (AvgIpc) is 2.97. The number of rotatable bonds is 4. The van der Waals surface area contributed by atoms with Crippen LogP contribution in [0, 0.1) is 0 Å². The van der Waals surface area contributed by atoms with Crippen LogP contribution < -0.4 is 0 Å². The molecule has 0 saturated carbocycles. The van der Waals surface area contributed by atoms with Gasteiger partial charge in [0.25, 0.3) is 0 Å². The number of tetrazole rings is 1. The van der Waals surface area contributed by atoms with E-state index in [1.807, 2.05) is 54.6 Å². The predicted molar refractivity (Wildman–Crippen MR) is 78.9 cm³/mol. The summed E-state index contributed by atoms with van der Waals surface area (Å²) in [6.07, 6.45) is 1.85. The van der Waals surface area contributed by atoms with Crippen LogP contribution >= 0.6 is 0 Å². The van der Waals surface area contributed by atoms with Crippen molar-refractivity contribution in [2.45, 2.75) is 6.54 Å². The lowest BCUT2D eigenvalue weighted by molar-refractivity contribution is 0.652. The second-order valence-corrected chi connectivity index (χ2v) is 4.43. The van der Waals surface area contributed by atoms with Gasteiger partial charge < -0.3 is 0 Å². The number of hydrogen-bond acceptors (Lipinski definition) is 3. The molecule has 0 unspecified atom stereocenters. The molecule has 0 atom stereocenters. The van der Waals surface area contributed by atoms with Gasteiger partial charge in [0.15, 0.2) is 5.82 Å². The molecule has 0 aliphatic rings. The molecule has 0 radical (unpaired) electrons. The van der Waals surface area contributed by atoms with Gasteiger partial charge in [0.05, 0.1) is 6.54 Å². The van der Waals surface area contributed by atoms with Crippen molar-refractivity contribution in [2.24, 2.45) is 0 Å². The minimum absolute atomic E-state index is 0.624. The SMILES string of the molecule is C=Cc1ccccc1Cn1nnnc1-c1ccccc1. The van der Waals surface area contributed by atoms with Gasteiger partial charge >= 0.3 is 0 Å². The maximum Gasteiger partial charge on any atom is 0.182 e. The zero-order valence-electron chi connectivity index (χ0n) is 11.0. The molecule has 0 aliphatic carbocycles. The molecule has 0 spiro atoms. The molecular weight excluding hydrogens is 248 g/mol. The summed E-state index contributed by atoms with van der Waals surface area (Å²) in [5.74, 6) is 0.768. The lowest BCUT2D eigenvalue weighted by atomic mass is 10.1. The molecule has 4 nitrogen and oxygen atoms in total. The summed E-state index contributed by atoms with van der Waals surface area (Å²) in [5.41, 5.74) is 3.25. The fourth-order valence-electron chi connectivity index (χ4n) is 2.14. The van der Waals surface area contributed by atoms with E-state index in [0.29, 0.717) is 6.54 Å². The molecule has 98 valence electrons. The van der Waals surface area contributed by atoms with E-state index in [4.69, 9.17) is 0 Å². The smallest absolute Gasteiger partial charge is 0.182 e. The maximum atomic E-state index is 4.11. The lowest BCUT2D eigenvalue weighted by Gasteiger charge is -2.07. The molecule has 0 N–H and O–H groups in total. The number of hydrogen-bond donors (Lipinski definition) is 0. The van der Waals surface area contributed by atoms with Crippen LogP contribution in [0.5, 0.6) is 0 Å². The van der Waals surface area contributed by atoms with Crippen LogP contribution in [0.2, 0.25) is 0 Å². The predicted octanol–water partition coefficient (Wildman–Crippen LogP) is 3.03. The van der Waals surface area contributed by atoms with E-state index in [0.717, 1.165) is 22.5 Å². The van der Waals surface area contributed by atoms with Crippen molar-refractivity contribution in [3.05, 3.63) is 72.3 Å². The summed E-state index contributed by atoms with van der Waals surface area (Å²) in [6, 6.07) is 18.0. The van der Waals surface area contributed by atoms with Crippen molar-refractivity contribution in [1.29, 1.82) is 0 Å². The average molecular weight is 262 g/mol. The third kappa shape index (κ3) is 2.36. The summed E-state index contributed by atoms with van der Waals surface area (Å²) in [5, 5.41) is 12.0. The van der Waals surface area contributed by atoms with Gasteiger partial charge in [-0.25, -0.2) is 4.68 Å². The van der Waals surface area contributed by atoms with Gasteiger partial charge in [-0.3, -0.25) is 0 Å². The Hall–Kier alpha value is -2.75. The van der Waals surface area contributed by atoms with E-state index < -0.39 is 0 Å². The largest absolute Gasteiger partial charge is 0.221 e. The molecule has 0 amide bonds. The monoisotopic (exact) mass is 262 g/mol. The highest BCUT2D eigenvalue weighted by molar-refractivity contribution is 5.55. The van der Waals surface area contributed by atoms with Gasteiger partial charge in [-0.15, -0.1) is 5.10 Å². The Morgan fingerprint density at radius 1 is 1.00 bits per heavy atom. The van der Waals surface area contributed by atoms with Crippen LogP contribution in [0.25, 0.3) is 17.5 Å². The molecular formula is C16H14N4. The van der Waals surface area contributed by atoms with Crippen LogP contribution in [0.1, 0.15) is 11.1 Å². The van der Waals surface area contributed by atoms with Crippen molar-refractivity contribution in [1.82, 2.24) is 20.2 Å². The summed E-state index contributed by atoms with van der Waals surface area (Å²) < 4.78 is 1.80. The maximum absolute atomic E-state index is 4.11. The summed E-state index contributed by atoms with van der Waals surface area (Å²) in [6.45, 7) is 4.46. The Kier molecular flexibility index (Phi) is 3.37. The molecule has 0 saturated heterocycles. The highest BCUT2D eigenvalue weighted by atomic mass is 15.5.